The molecule has 0 aromatic carbocycles. The molecule has 0 aliphatic heterocycles. The Labute approximate surface area is 129 Å². The molecular weight excluding hydrogens is 331 g/mol. The van der Waals surface area contributed by atoms with Crippen molar-refractivity contribution in [3.05, 3.63) is 32.6 Å². The van der Waals surface area contributed by atoms with Gasteiger partial charge in [0.15, 0.2) is 0 Å². The number of hydrogen-bond donors (Lipinski definition) is 4. The highest BCUT2D eigenvalue weighted by Gasteiger charge is 2.42. The van der Waals surface area contributed by atoms with Gasteiger partial charge in [-0.15, -0.1) is 0 Å². The molecule has 1 aliphatic carbocycles. The fraction of sp³-hybridized carbons (Fsp3) is 0.583. The van der Waals surface area contributed by atoms with Crippen molar-refractivity contribution in [2.24, 2.45) is 11.8 Å². The number of carboxylic acids is 1. The van der Waals surface area contributed by atoms with E-state index >= 15 is 0 Å². The topological polar surface area (TPSA) is 159 Å². The Morgan fingerprint density at radius 1 is 1.48 bits per heavy atom. The van der Waals surface area contributed by atoms with E-state index in [0.29, 0.717) is 18.5 Å². The second kappa shape index (κ2) is 6.40. The number of aromatic amines is 1. The van der Waals surface area contributed by atoms with Gasteiger partial charge in [0.2, 0.25) is 0 Å². The van der Waals surface area contributed by atoms with E-state index in [-0.39, 0.29) is 18.4 Å². The van der Waals surface area contributed by atoms with Crippen molar-refractivity contribution in [1.82, 2.24) is 9.55 Å². The lowest BCUT2D eigenvalue weighted by Gasteiger charge is -2.14. The maximum atomic E-state index is 11.6. The van der Waals surface area contributed by atoms with Crippen LogP contribution in [0, 0.1) is 18.8 Å². The summed E-state index contributed by atoms with van der Waals surface area (Å²) < 4.78 is 17.2. The molecule has 0 amide bonds. The number of ether oxygens (including phenoxy) is 1. The second-order valence-electron chi connectivity index (χ2n) is 5.59. The Morgan fingerprint density at radius 2 is 2.13 bits per heavy atom. The van der Waals surface area contributed by atoms with Gasteiger partial charge in [-0.05, 0) is 25.2 Å². The van der Waals surface area contributed by atoms with Gasteiger partial charge >= 0.3 is 19.3 Å². The summed E-state index contributed by atoms with van der Waals surface area (Å²) in [6.45, 7) is 1.77. The van der Waals surface area contributed by atoms with Gasteiger partial charge in [-0.3, -0.25) is 14.3 Å². The number of nitrogens with zero attached hydrogens (tertiary/aromatic N) is 1. The molecule has 128 valence electrons. The van der Waals surface area contributed by atoms with E-state index in [2.05, 4.69) is 4.98 Å². The molecule has 1 fully saturated rings. The Morgan fingerprint density at radius 3 is 2.70 bits per heavy atom. The minimum atomic E-state index is -4.88. The summed E-state index contributed by atoms with van der Waals surface area (Å²) >= 11 is 0. The molecule has 1 heterocycles. The van der Waals surface area contributed by atoms with Gasteiger partial charge < -0.3 is 24.2 Å². The smallest absolute Gasteiger partial charge is 0.365 e. The number of nitrogens with one attached hydrogen (secondary N) is 1. The monoisotopic (exact) mass is 348 g/mol. The molecule has 1 saturated carbocycles. The number of rotatable bonds is 7. The summed E-state index contributed by atoms with van der Waals surface area (Å²) in [4.78, 5) is 53.7. The van der Waals surface area contributed by atoms with Crippen LogP contribution in [0.5, 0.6) is 0 Å². The fourth-order valence-corrected chi connectivity index (χ4v) is 2.84. The molecule has 4 N–H and O–H groups in total. The lowest BCUT2D eigenvalue weighted by atomic mass is 10.3. The van der Waals surface area contributed by atoms with Crippen LogP contribution in [0.25, 0.3) is 0 Å². The fourth-order valence-electron chi connectivity index (χ4n) is 2.27. The average Bonchev–Trinajstić information content (AvgIpc) is 3.12. The second-order valence-corrected chi connectivity index (χ2v) is 7.24. The molecule has 3 atom stereocenters. The SMILES string of the molecule is Cc1cn(CC2CC2COC(C(=O)O)P(=O)(O)O)c(=O)[nH]c1=O. The first-order chi connectivity index (χ1) is 10.6. The minimum Gasteiger partial charge on any atom is -0.479 e. The van der Waals surface area contributed by atoms with Crippen LogP contribution in [0.15, 0.2) is 15.8 Å². The predicted molar refractivity (Wildman–Crippen MR) is 77.1 cm³/mol. The number of H-pyrrole nitrogens is 1. The number of aromatic nitrogens is 2. The minimum absolute atomic E-state index is 0.0178. The normalized spacial score (nSPS) is 21.9. The Balaban J connectivity index is 1.93. The molecule has 0 radical (unpaired) electrons. The highest BCUT2D eigenvalue weighted by atomic mass is 31.2. The van der Waals surface area contributed by atoms with Gasteiger partial charge in [-0.2, -0.15) is 0 Å². The van der Waals surface area contributed by atoms with E-state index < -0.39 is 30.7 Å². The molecule has 23 heavy (non-hydrogen) atoms. The van der Waals surface area contributed by atoms with Crippen LogP contribution in [0.4, 0.5) is 0 Å². The molecule has 2 rings (SSSR count). The third kappa shape index (κ3) is 4.38. The van der Waals surface area contributed by atoms with Crippen LogP contribution in [0.3, 0.4) is 0 Å². The summed E-state index contributed by atoms with van der Waals surface area (Å²) in [7, 11) is -4.88. The van der Waals surface area contributed by atoms with Crippen LogP contribution >= 0.6 is 7.60 Å². The number of aryl methyl sites for hydroxylation is 1. The third-order valence-corrected chi connectivity index (χ3v) is 4.66. The van der Waals surface area contributed by atoms with Gasteiger partial charge in [0, 0.05) is 18.3 Å². The van der Waals surface area contributed by atoms with Crippen molar-refractivity contribution in [2.45, 2.75) is 25.7 Å². The van der Waals surface area contributed by atoms with Crippen LogP contribution in [-0.4, -0.2) is 42.9 Å². The average molecular weight is 348 g/mol. The van der Waals surface area contributed by atoms with Crippen molar-refractivity contribution >= 4 is 13.6 Å². The molecule has 1 aromatic rings. The number of hydrogen-bond acceptors (Lipinski definition) is 5. The maximum Gasteiger partial charge on any atom is 0.365 e. The zero-order chi connectivity index (χ0) is 17.4. The van der Waals surface area contributed by atoms with E-state index in [0.717, 1.165) is 0 Å². The van der Waals surface area contributed by atoms with Gasteiger partial charge in [-0.25, -0.2) is 9.59 Å². The Hall–Kier alpha value is -1.74. The first kappa shape index (κ1) is 17.6. The van der Waals surface area contributed by atoms with Crippen molar-refractivity contribution in [2.75, 3.05) is 6.61 Å². The summed E-state index contributed by atoms with van der Waals surface area (Å²) in [6, 6.07) is 0. The Kier molecular flexibility index (Phi) is 4.90. The van der Waals surface area contributed by atoms with Crippen molar-refractivity contribution in [3.8, 4) is 0 Å². The van der Waals surface area contributed by atoms with E-state index in [1.54, 1.807) is 6.92 Å². The molecule has 0 saturated heterocycles. The van der Waals surface area contributed by atoms with E-state index in [1.165, 1.54) is 10.8 Å². The van der Waals surface area contributed by atoms with Crippen LogP contribution in [-0.2, 0) is 20.6 Å². The van der Waals surface area contributed by atoms with E-state index in [1.807, 2.05) is 0 Å². The highest BCUT2D eigenvalue weighted by Crippen LogP contribution is 2.45. The number of carboxylic acid groups (broad SMARTS) is 1. The Bertz CT molecular complexity index is 763. The first-order valence-electron chi connectivity index (χ1n) is 6.79. The highest BCUT2D eigenvalue weighted by molar-refractivity contribution is 7.53. The van der Waals surface area contributed by atoms with Gasteiger partial charge in [-0.1, -0.05) is 0 Å². The van der Waals surface area contributed by atoms with Crippen molar-refractivity contribution in [3.63, 3.8) is 0 Å². The van der Waals surface area contributed by atoms with Gasteiger partial charge in [0.25, 0.3) is 11.4 Å². The third-order valence-electron chi connectivity index (χ3n) is 3.67. The van der Waals surface area contributed by atoms with Gasteiger partial charge in [0.1, 0.15) is 0 Å². The number of carbonyl (C=O) groups is 1. The summed E-state index contributed by atoms with van der Waals surface area (Å²) in [6.07, 6.45) is 2.07. The lowest BCUT2D eigenvalue weighted by Crippen LogP contribution is -2.31. The van der Waals surface area contributed by atoms with E-state index in [9.17, 15) is 18.9 Å². The molecule has 10 nitrogen and oxygen atoms in total. The van der Waals surface area contributed by atoms with Crippen molar-refractivity contribution in [1.29, 1.82) is 0 Å². The summed E-state index contributed by atoms with van der Waals surface area (Å²) in [5.74, 6) is -3.98. The predicted octanol–water partition coefficient (Wildman–Crippen LogP) is -0.914. The molecule has 11 heteroatoms. The molecule has 0 spiro atoms. The molecule has 0 bridgehead atoms. The molecular formula is C12H17N2O8P. The summed E-state index contributed by atoms with van der Waals surface area (Å²) in [5, 5.41) is 8.74. The van der Waals surface area contributed by atoms with Crippen LogP contribution < -0.4 is 11.2 Å². The van der Waals surface area contributed by atoms with Crippen molar-refractivity contribution < 1.29 is 29.0 Å². The zero-order valence-electron chi connectivity index (χ0n) is 12.2. The van der Waals surface area contributed by atoms with E-state index in [4.69, 9.17) is 19.6 Å². The quantitative estimate of drug-likeness (QED) is 0.461. The molecule has 3 unspecified atom stereocenters. The largest absolute Gasteiger partial charge is 0.479 e. The zero-order valence-corrected chi connectivity index (χ0v) is 13.1. The molecule has 1 aromatic heterocycles. The van der Waals surface area contributed by atoms with Crippen LogP contribution in [0.2, 0.25) is 0 Å². The maximum absolute atomic E-state index is 11.6. The standard InChI is InChI=1S/C12H17N2O8P/c1-6-3-14(12(18)13-9(6)15)4-7-2-8(7)5-22-11(10(16)17)23(19,20)21/h3,7-8,11H,2,4-5H2,1H3,(H,16,17)(H,13,15,18)(H2,19,20,21). The number of aliphatic carboxylic acids is 1. The molecule has 1 aliphatic rings. The van der Waals surface area contributed by atoms with Crippen LogP contribution in [0.1, 0.15) is 12.0 Å². The lowest BCUT2D eigenvalue weighted by molar-refractivity contribution is -0.146. The summed E-state index contributed by atoms with van der Waals surface area (Å²) in [5.41, 5.74) is -0.593. The van der Waals surface area contributed by atoms with Gasteiger partial charge in [0.05, 0.1) is 6.61 Å². The first-order valence-corrected chi connectivity index (χ1v) is 8.47.